The molecule has 16 heavy (non-hydrogen) atoms. The van der Waals surface area contributed by atoms with Gasteiger partial charge in [0.2, 0.25) is 0 Å². The number of hydrogen-bond acceptors (Lipinski definition) is 4. The summed E-state index contributed by atoms with van der Waals surface area (Å²) in [5.41, 5.74) is 2.48. The van der Waals surface area contributed by atoms with Crippen molar-refractivity contribution >= 4 is 0 Å². The van der Waals surface area contributed by atoms with E-state index in [-0.39, 0.29) is 6.61 Å². The fourth-order valence-electron chi connectivity index (χ4n) is 1.64. The van der Waals surface area contributed by atoms with Crippen LogP contribution in [0.1, 0.15) is 22.9 Å². The van der Waals surface area contributed by atoms with Gasteiger partial charge in [0.25, 0.3) is 0 Å². The van der Waals surface area contributed by atoms with Crippen LogP contribution in [0.15, 0.2) is 12.3 Å². The SMILES string of the molecule is Cc1cc(-n2nc(C)nc2C)c(CO)cn1. The van der Waals surface area contributed by atoms with Crippen LogP contribution in [0.4, 0.5) is 0 Å². The number of pyridine rings is 1. The molecule has 0 radical (unpaired) electrons. The topological polar surface area (TPSA) is 63.8 Å². The minimum absolute atomic E-state index is 0.0546. The van der Waals surface area contributed by atoms with E-state index in [1.165, 1.54) is 0 Å². The summed E-state index contributed by atoms with van der Waals surface area (Å²) < 4.78 is 1.73. The number of rotatable bonds is 2. The highest BCUT2D eigenvalue weighted by Gasteiger charge is 2.10. The van der Waals surface area contributed by atoms with Crippen LogP contribution < -0.4 is 0 Å². The lowest BCUT2D eigenvalue weighted by Gasteiger charge is -2.08. The van der Waals surface area contributed by atoms with Gasteiger partial charge in [-0.1, -0.05) is 0 Å². The highest BCUT2D eigenvalue weighted by atomic mass is 16.3. The highest BCUT2D eigenvalue weighted by Crippen LogP contribution is 2.15. The lowest BCUT2D eigenvalue weighted by Crippen LogP contribution is -2.05. The first-order chi connectivity index (χ1) is 7.61. The molecule has 0 fully saturated rings. The van der Waals surface area contributed by atoms with Crippen LogP contribution in [-0.4, -0.2) is 24.9 Å². The van der Waals surface area contributed by atoms with E-state index in [2.05, 4.69) is 15.1 Å². The van der Waals surface area contributed by atoms with Crippen LogP contribution >= 0.6 is 0 Å². The quantitative estimate of drug-likeness (QED) is 0.819. The van der Waals surface area contributed by atoms with Crippen molar-refractivity contribution in [3.8, 4) is 5.69 Å². The van der Waals surface area contributed by atoms with Crippen molar-refractivity contribution in [2.75, 3.05) is 0 Å². The molecule has 0 aliphatic rings. The van der Waals surface area contributed by atoms with Gasteiger partial charge in [0.05, 0.1) is 12.3 Å². The van der Waals surface area contributed by atoms with Crippen molar-refractivity contribution in [2.24, 2.45) is 0 Å². The van der Waals surface area contributed by atoms with E-state index in [4.69, 9.17) is 0 Å². The summed E-state index contributed by atoms with van der Waals surface area (Å²) in [6, 6.07) is 1.90. The van der Waals surface area contributed by atoms with E-state index < -0.39 is 0 Å². The predicted molar refractivity (Wildman–Crippen MR) is 59.3 cm³/mol. The smallest absolute Gasteiger partial charge is 0.148 e. The molecule has 0 atom stereocenters. The third-order valence-corrected chi connectivity index (χ3v) is 2.37. The molecule has 0 amide bonds. The Hall–Kier alpha value is -1.75. The van der Waals surface area contributed by atoms with E-state index in [0.29, 0.717) is 0 Å². The molecule has 2 aromatic rings. The van der Waals surface area contributed by atoms with Crippen molar-refractivity contribution in [1.82, 2.24) is 19.7 Å². The molecular weight excluding hydrogens is 204 g/mol. The first-order valence-corrected chi connectivity index (χ1v) is 5.09. The largest absolute Gasteiger partial charge is 0.392 e. The molecule has 0 aromatic carbocycles. The maximum atomic E-state index is 9.27. The molecule has 0 unspecified atom stereocenters. The predicted octanol–water partition coefficient (Wildman–Crippen LogP) is 1.08. The third-order valence-electron chi connectivity index (χ3n) is 2.37. The molecule has 1 N–H and O–H groups in total. The number of aromatic nitrogens is 4. The molecule has 0 aliphatic carbocycles. The Labute approximate surface area is 93.8 Å². The Morgan fingerprint density at radius 3 is 2.62 bits per heavy atom. The number of hydrogen-bond donors (Lipinski definition) is 1. The summed E-state index contributed by atoms with van der Waals surface area (Å²) >= 11 is 0. The monoisotopic (exact) mass is 218 g/mol. The Morgan fingerprint density at radius 2 is 2.06 bits per heavy atom. The summed E-state index contributed by atoms with van der Waals surface area (Å²) in [7, 11) is 0. The van der Waals surface area contributed by atoms with Crippen molar-refractivity contribution < 1.29 is 5.11 Å². The van der Waals surface area contributed by atoms with E-state index in [9.17, 15) is 5.11 Å². The number of aliphatic hydroxyl groups excluding tert-OH is 1. The molecule has 5 heteroatoms. The minimum atomic E-state index is -0.0546. The van der Waals surface area contributed by atoms with Crippen LogP contribution in [0.25, 0.3) is 5.69 Å². The molecule has 0 spiro atoms. The van der Waals surface area contributed by atoms with Crippen LogP contribution in [0.3, 0.4) is 0 Å². The summed E-state index contributed by atoms with van der Waals surface area (Å²) in [4.78, 5) is 8.39. The van der Waals surface area contributed by atoms with Crippen LogP contribution in [0.5, 0.6) is 0 Å². The third kappa shape index (κ3) is 1.81. The summed E-state index contributed by atoms with van der Waals surface area (Å²) in [6.45, 7) is 5.58. The molecule has 0 saturated carbocycles. The van der Waals surface area contributed by atoms with Crippen molar-refractivity contribution in [3.05, 3.63) is 35.2 Å². The van der Waals surface area contributed by atoms with Gasteiger partial charge in [-0.05, 0) is 26.8 Å². The van der Waals surface area contributed by atoms with E-state index in [1.54, 1.807) is 10.9 Å². The number of aryl methyl sites for hydroxylation is 3. The molecule has 0 bridgehead atoms. The van der Waals surface area contributed by atoms with Gasteiger partial charge in [0.15, 0.2) is 0 Å². The van der Waals surface area contributed by atoms with Gasteiger partial charge < -0.3 is 5.11 Å². The van der Waals surface area contributed by atoms with Gasteiger partial charge in [-0.2, -0.15) is 5.10 Å². The molecular formula is C11H14N4O. The molecule has 5 nitrogen and oxygen atoms in total. The minimum Gasteiger partial charge on any atom is -0.392 e. The average Bonchev–Trinajstić information content (AvgIpc) is 2.57. The molecule has 2 heterocycles. The Balaban J connectivity index is 2.62. The average molecular weight is 218 g/mol. The van der Waals surface area contributed by atoms with Gasteiger partial charge in [0.1, 0.15) is 11.6 Å². The summed E-state index contributed by atoms with van der Waals surface area (Å²) in [6.07, 6.45) is 1.67. The maximum absolute atomic E-state index is 9.27. The Kier molecular flexibility index (Phi) is 2.70. The molecule has 2 aromatic heterocycles. The standard InChI is InChI=1S/C11H14N4O/c1-7-4-11(10(6-16)5-12-7)15-9(3)13-8(2)14-15/h4-5,16H,6H2,1-3H3. The first-order valence-electron chi connectivity index (χ1n) is 5.09. The Bertz CT molecular complexity index is 519. The van der Waals surface area contributed by atoms with Crippen LogP contribution in [0.2, 0.25) is 0 Å². The normalized spacial score (nSPS) is 10.8. The van der Waals surface area contributed by atoms with Crippen molar-refractivity contribution in [2.45, 2.75) is 27.4 Å². The highest BCUT2D eigenvalue weighted by molar-refractivity contribution is 5.40. The zero-order valence-corrected chi connectivity index (χ0v) is 9.60. The van der Waals surface area contributed by atoms with E-state index in [0.717, 1.165) is 28.6 Å². The van der Waals surface area contributed by atoms with Crippen molar-refractivity contribution in [1.29, 1.82) is 0 Å². The number of aliphatic hydroxyl groups is 1. The molecule has 0 saturated heterocycles. The Morgan fingerprint density at radius 1 is 1.31 bits per heavy atom. The molecule has 0 aliphatic heterocycles. The van der Waals surface area contributed by atoms with Gasteiger partial charge in [-0.25, -0.2) is 9.67 Å². The second-order valence-electron chi connectivity index (χ2n) is 3.73. The zero-order valence-electron chi connectivity index (χ0n) is 9.60. The van der Waals surface area contributed by atoms with Crippen molar-refractivity contribution in [3.63, 3.8) is 0 Å². The van der Waals surface area contributed by atoms with Gasteiger partial charge >= 0.3 is 0 Å². The second-order valence-corrected chi connectivity index (χ2v) is 3.73. The second kappa shape index (κ2) is 4.02. The fourth-order valence-corrected chi connectivity index (χ4v) is 1.64. The summed E-state index contributed by atoms with van der Waals surface area (Å²) in [5.74, 6) is 1.52. The van der Waals surface area contributed by atoms with Gasteiger partial charge in [0, 0.05) is 17.5 Å². The lowest BCUT2D eigenvalue weighted by molar-refractivity contribution is 0.280. The van der Waals surface area contributed by atoms with E-state index >= 15 is 0 Å². The lowest BCUT2D eigenvalue weighted by atomic mass is 10.2. The van der Waals surface area contributed by atoms with E-state index in [1.807, 2.05) is 26.8 Å². The van der Waals surface area contributed by atoms with Gasteiger partial charge in [-0.3, -0.25) is 4.98 Å². The van der Waals surface area contributed by atoms with Crippen LogP contribution in [-0.2, 0) is 6.61 Å². The van der Waals surface area contributed by atoms with Crippen LogP contribution in [0, 0.1) is 20.8 Å². The maximum Gasteiger partial charge on any atom is 0.148 e. The number of nitrogens with zero attached hydrogens (tertiary/aromatic N) is 4. The molecule has 84 valence electrons. The first kappa shape index (κ1) is 10.8. The zero-order chi connectivity index (χ0) is 11.7. The fraction of sp³-hybridized carbons (Fsp3) is 0.364. The van der Waals surface area contributed by atoms with Gasteiger partial charge in [-0.15, -0.1) is 0 Å². The summed E-state index contributed by atoms with van der Waals surface area (Å²) in [5, 5.41) is 13.6. The molecule has 2 rings (SSSR count).